The van der Waals surface area contributed by atoms with Crippen molar-refractivity contribution in [2.45, 2.75) is 51.7 Å². The van der Waals surface area contributed by atoms with Gasteiger partial charge in [0, 0.05) is 22.1 Å². The third-order valence-corrected chi connectivity index (χ3v) is 5.02. The first-order valence-corrected chi connectivity index (χ1v) is 8.69. The fourth-order valence-corrected chi connectivity index (χ4v) is 3.64. The van der Waals surface area contributed by atoms with Crippen LogP contribution in [0.15, 0.2) is 28.7 Å². The number of benzene rings is 1. The molecule has 1 saturated heterocycles. The number of halogens is 1. The summed E-state index contributed by atoms with van der Waals surface area (Å²) in [5, 5.41) is 12.4. The third kappa shape index (κ3) is 3.44. The SMILES string of the molecule is C[C@H]1CCC[C@H](C)N1C(=O)Cn1nnc(-c2ccccc2Br)n1. The highest BCUT2D eigenvalue weighted by molar-refractivity contribution is 9.10. The maximum atomic E-state index is 12.6. The lowest BCUT2D eigenvalue weighted by Crippen LogP contribution is -2.48. The molecule has 0 bridgehead atoms. The monoisotopic (exact) mass is 377 g/mol. The normalized spacial score (nSPS) is 21.4. The van der Waals surface area contributed by atoms with Gasteiger partial charge in [0.2, 0.25) is 11.7 Å². The number of piperidine rings is 1. The van der Waals surface area contributed by atoms with Crippen LogP contribution in [0.2, 0.25) is 0 Å². The molecule has 1 aromatic carbocycles. The van der Waals surface area contributed by atoms with Crippen molar-refractivity contribution in [1.29, 1.82) is 0 Å². The summed E-state index contributed by atoms with van der Waals surface area (Å²) >= 11 is 3.48. The van der Waals surface area contributed by atoms with E-state index in [4.69, 9.17) is 0 Å². The van der Waals surface area contributed by atoms with Crippen molar-refractivity contribution >= 4 is 21.8 Å². The van der Waals surface area contributed by atoms with E-state index in [-0.39, 0.29) is 24.5 Å². The lowest BCUT2D eigenvalue weighted by atomic mass is 9.97. The average molecular weight is 378 g/mol. The number of rotatable bonds is 3. The van der Waals surface area contributed by atoms with Crippen molar-refractivity contribution in [2.24, 2.45) is 0 Å². The van der Waals surface area contributed by atoms with Gasteiger partial charge in [0.1, 0.15) is 6.54 Å². The molecule has 122 valence electrons. The van der Waals surface area contributed by atoms with E-state index in [9.17, 15) is 4.79 Å². The second kappa shape index (κ2) is 6.78. The van der Waals surface area contributed by atoms with E-state index < -0.39 is 0 Å². The zero-order valence-corrected chi connectivity index (χ0v) is 14.9. The van der Waals surface area contributed by atoms with Crippen molar-refractivity contribution in [3.63, 3.8) is 0 Å². The lowest BCUT2D eigenvalue weighted by Gasteiger charge is -2.38. The zero-order chi connectivity index (χ0) is 16.4. The van der Waals surface area contributed by atoms with E-state index in [2.05, 4.69) is 45.2 Å². The summed E-state index contributed by atoms with van der Waals surface area (Å²) in [6.07, 6.45) is 3.30. The van der Waals surface area contributed by atoms with Crippen LogP contribution in [0.4, 0.5) is 0 Å². The van der Waals surface area contributed by atoms with Crippen molar-refractivity contribution in [3.05, 3.63) is 28.7 Å². The van der Waals surface area contributed by atoms with Crippen LogP contribution in [-0.2, 0) is 11.3 Å². The van der Waals surface area contributed by atoms with Crippen molar-refractivity contribution in [1.82, 2.24) is 25.1 Å². The Morgan fingerprint density at radius 1 is 1.26 bits per heavy atom. The maximum absolute atomic E-state index is 12.6. The highest BCUT2D eigenvalue weighted by atomic mass is 79.9. The highest BCUT2D eigenvalue weighted by Crippen LogP contribution is 2.25. The summed E-state index contributed by atoms with van der Waals surface area (Å²) in [5.74, 6) is 0.575. The molecule has 1 aliphatic rings. The van der Waals surface area contributed by atoms with E-state index in [0.717, 1.165) is 22.9 Å². The van der Waals surface area contributed by atoms with Crippen LogP contribution in [0.3, 0.4) is 0 Å². The van der Waals surface area contributed by atoms with E-state index >= 15 is 0 Å². The molecule has 0 spiro atoms. The molecule has 7 heteroatoms. The topological polar surface area (TPSA) is 63.9 Å². The Kier molecular flexibility index (Phi) is 4.75. The van der Waals surface area contributed by atoms with Crippen LogP contribution >= 0.6 is 15.9 Å². The van der Waals surface area contributed by atoms with Gasteiger partial charge in [-0.3, -0.25) is 4.79 Å². The van der Waals surface area contributed by atoms with Crippen LogP contribution in [-0.4, -0.2) is 43.1 Å². The molecule has 0 N–H and O–H groups in total. The van der Waals surface area contributed by atoms with Crippen molar-refractivity contribution < 1.29 is 4.79 Å². The van der Waals surface area contributed by atoms with E-state index in [1.54, 1.807) is 0 Å². The third-order valence-electron chi connectivity index (χ3n) is 4.33. The summed E-state index contributed by atoms with van der Waals surface area (Å²) in [5.41, 5.74) is 0.867. The number of aromatic nitrogens is 4. The average Bonchev–Trinajstić information content (AvgIpc) is 2.95. The largest absolute Gasteiger partial charge is 0.336 e. The summed E-state index contributed by atoms with van der Waals surface area (Å²) in [6, 6.07) is 8.25. The highest BCUT2D eigenvalue weighted by Gasteiger charge is 2.29. The van der Waals surface area contributed by atoms with Gasteiger partial charge in [-0.2, -0.15) is 4.80 Å². The van der Waals surface area contributed by atoms with Gasteiger partial charge in [0.25, 0.3) is 0 Å². The molecule has 6 nitrogen and oxygen atoms in total. The standard InChI is InChI=1S/C16H20BrN5O/c1-11-6-5-7-12(2)22(11)15(23)10-21-19-16(18-20-21)13-8-3-4-9-14(13)17/h3-4,8-9,11-12H,5-7,10H2,1-2H3/t11-,12-/m0/s1. The number of carbonyl (C=O) groups excluding carboxylic acids is 1. The Morgan fingerprint density at radius 3 is 2.65 bits per heavy atom. The first-order valence-electron chi connectivity index (χ1n) is 7.90. The molecule has 1 fully saturated rings. The predicted octanol–water partition coefficient (Wildman–Crippen LogP) is 2.89. The van der Waals surface area contributed by atoms with Gasteiger partial charge in [-0.25, -0.2) is 0 Å². The number of amides is 1. The van der Waals surface area contributed by atoms with Gasteiger partial charge < -0.3 is 4.90 Å². The Labute approximate surface area is 144 Å². The summed E-state index contributed by atoms with van der Waals surface area (Å²) in [7, 11) is 0. The zero-order valence-electron chi connectivity index (χ0n) is 13.3. The number of tetrazole rings is 1. The maximum Gasteiger partial charge on any atom is 0.246 e. The molecular formula is C16H20BrN5O. The Morgan fingerprint density at radius 2 is 1.96 bits per heavy atom. The number of hydrogen-bond acceptors (Lipinski definition) is 4. The van der Waals surface area contributed by atoms with Crippen LogP contribution in [0.25, 0.3) is 11.4 Å². The Bertz CT molecular complexity index is 691. The van der Waals surface area contributed by atoms with Crippen LogP contribution < -0.4 is 0 Å². The van der Waals surface area contributed by atoms with Crippen LogP contribution in [0, 0.1) is 0 Å². The Balaban J connectivity index is 1.74. The Hall–Kier alpha value is -1.76. The molecule has 2 atom stereocenters. The molecule has 3 rings (SSSR count). The van der Waals surface area contributed by atoms with Gasteiger partial charge in [-0.05, 0) is 50.5 Å². The molecule has 2 aromatic rings. The molecule has 23 heavy (non-hydrogen) atoms. The molecule has 2 heterocycles. The van der Waals surface area contributed by atoms with Crippen molar-refractivity contribution in [3.8, 4) is 11.4 Å². The van der Waals surface area contributed by atoms with Crippen LogP contribution in [0.5, 0.6) is 0 Å². The van der Waals surface area contributed by atoms with Gasteiger partial charge >= 0.3 is 0 Å². The van der Waals surface area contributed by atoms with Crippen molar-refractivity contribution in [2.75, 3.05) is 0 Å². The lowest BCUT2D eigenvalue weighted by molar-refractivity contribution is -0.138. The smallest absolute Gasteiger partial charge is 0.246 e. The van der Waals surface area contributed by atoms with E-state index in [1.165, 1.54) is 11.2 Å². The molecule has 1 amide bonds. The van der Waals surface area contributed by atoms with Gasteiger partial charge in [0.05, 0.1) is 0 Å². The second-order valence-corrected chi connectivity index (χ2v) is 6.91. The van der Waals surface area contributed by atoms with Gasteiger partial charge in [0.15, 0.2) is 0 Å². The molecule has 0 radical (unpaired) electrons. The predicted molar refractivity (Wildman–Crippen MR) is 90.6 cm³/mol. The van der Waals surface area contributed by atoms with E-state index in [1.807, 2.05) is 29.2 Å². The second-order valence-electron chi connectivity index (χ2n) is 6.05. The first kappa shape index (κ1) is 16.1. The quantitative estimate of drug-likeness (QED) is 0.824. The number of hydrogen-bond donors (Lipinski definition) is 0. The molecule has 0 saturated carbocycles. The number of carbonyl (C=O) groups is 1. The molecule has 1 aromatic heterocycles. The minimum Gasteiger partial charge on any atom is -0.336 e. The van der Waals surface area contributed by atoms with E-state index in [0.29, 0.717) is 5.82 Å². The summed E-state index contributed by atoms with van der Waals surface area (Å²) in [6.45, 7) is 4.34. The minimum absolute atomic E-state index is 0.0563. The molecule has 0 aliphatic carbocycles. The molecule has 0 unspecified atom stereocenters. The van der Waals surface area contributed by atoms with Gasteiger partial charge in [-0.1, -0.05) is 28.1 Å². The fraction of sp³-hybridized carbons (Fsp3) is 0.500. The van der Waals surface area contributed by atoms with Gasteiger partial charge in [-0.15, -0.1) is 10.2 Å². The first-order chi connectivity index (χ1) is 11.1. The minimum atomic E-state index is 0.0563. The number of likely N-dealkylation sites (tertiary alicyclic amines) is 1. The molecule has 1 aliphatic heterocycles. The van der Waals surface area contributed by atoms with Crippen LogP contribution in [0.1, 0.15) is 33.1 Å². The summed E-state index contributed by atoms with van der Waals surface area (Å²) < 4.78 is 0.907. The summed E-state index contributed by atoms with van der Waals surface area (Å²) in [4.78, 5) is 15.9. The molecular weight excluding hydrogens is 358 g/mol. The fourth-order valence-electron chi connectivity index (χ4n) is 3.18. The number of nitrogens with zero attached hydrogens (tertiary/aromatic N) is 5.